The van der Waals surface area contributed by atoms with Gasteiger partial charge in [0.05, 0.1) is 0 Å². The minimum Gasteiger partial charge on any atom is -0.480 e. The number of halogens is 1. The van der Waals surface area contributed by atoms with Crippen molar-refractivity contribution < 1.29 is 23.8 Å². The first-order chi connectivity index (χ1) is 8.08. The second kappa shape index (κ2) is 6.26. The number of amides is 1. The molecule has 6 heteroatoms. The lowest BCUT2D eigenvalue weighted by molar-refractivity contribution is -0.135. The van der Waals surface area contributed by atoms with E-state index in [0.29, 0.717) is 5.56 Å². The molecule has 1 amide bonds. The van der Waals surface area contributed by atoms with Gasteiger partial charge in [-0.3, -0.25) is 4.79 Å². The zero-order valence-electron chi connectivity index (χ0n) is 8.72. The van der Waals surface area contributed by atoms with Crippen LogP contribution in [-0.4, -0.2) is 23.7 Å². The van der Waals surface area contributed by atoms with Crippen molar-refractivity contribution in [3.05, 3.63) is 41.9 Å². The zero-order chi connectivity index (χ0) is 12.7. The third-order valence-electron chi connectivity index (χ3n) is 1.65. The summed E-state index contributed by atoms with van der Waals surface area (Å²) in [5.41, 5.74) is 0.524. The second-order valence-corrected chi connectivity index (χ2v) is 3.00. The number of carbonyl (C=O) groups is 2. The Morgan fingerprint density at radius 1 is 1.35 bits per heavy atom. The fraction of sp³-hybridized carbons (Fsp3) is 0.0909. The normalized spacial score (nSPS) is 10.8. The molecule has 1 rings (SSSR count). The molecule has 0 aliphatic rings. The van der Waals surface area contributed by atoms with Gasteiger partial charge in [0, 0.05) is 6.08 Å². The van der Waals surface area contributed by atoms with E-state index in [-0.39, 0.29) is 0 Å². The number of ether oxygens (including phenoxy) is 1. The summed E-state index contributed by atoms with van der Waals surface area (Å²) in [6.45, 7) is -0.628. The number of benzene rings is 1. The van der Waals surface area contributed by atoms with Crippen LogP contribution in [0.15, 0.2) is 36.3 Å². The average molecular weight is 239 g/mol. The molecule has 5 nitrogen and oxygen atoms in total. The lowest BCUT2D eigenvalue weighted by Crippen LogP contribution is -2.29. The number of carbonyl (C=O) groups excluding carboxylic acids is 1. The highest BCUT2D eigenvalue weighted by Gasteiger charge is 2.07. The average Bonchev–Trinajstić information content (AvgIpc) is 2.27. The predicted octanol–water partition coefficient (Wildman–Crippen LogP) is 1.77. The van der Waals surface area contributed by atoms with Crippen LogP contribution in [-0.2, 0) is 9.53 Å². The molecule has 0 radical (unpaired) electrons. The summed E-state index contributed by atoms with van der Waals surface area (Å²) < 4.78 is 17.3. The number of alkyl carbamates (subject to hydrolysis) is 1. The molecule has 17 heavy (non-hydrogen) atoms. The molecule has 90 valence electrons. The number of rotatable bonds is 4. The molecule has 0 heterocycles. The van der Waals surface area contributed by atoms with Gasteiger partial charge in [-0.25, -0.2) is 4.79 Å². The van der Waals surface area contributed by atoms with Crippen LogP contribution in [0.5, 0.6) is 0 Å². The summed E-state index contributed by atoms with van der Waals surface area (Å²) in [5, 5.41) is 10.1. The Bertz CT molecular complexity index is 430. The van der Waals surface area contributed by atoms with Crippen molar-refractivity contribution in [1.82, 2.24) is 5.32 Å². The van der Waals surface area contributed by atoms with Gasteiger partial charge < -0.3 is 15.2 Å². The van der Waals surface area contributed by atoms with Crippen LogP contribution in [0, 0.1) is 0 Å². The van der Waals surface area contributed by atoms with Crippen molar-refractivity contribution in [2.24, 2.45) is 0 Å². The van der Waals surface area contributed by atoms with Gasteiger partial charge in [-0.2, -0.15) is 4.39 Å². The molecule has 0 spiro atoms. The number of hydrogen-bond donors (Lipinski definition) is 2. The Hall–Kier alpha value is -2.37. The molecule has 0 atom stereocenters. The predicted molar refractivity (Wildman–Crippen MR) is 57.6 cm³/mol. The van der Waals surface area contributed by atoms with Crippen LogP contribution in [0.2, 0.25) is 0 Å². The summed E-state index contributed by atoms with van der Waals surface area (Å²) in [7, 11) is 0. The van der Waals surface area contributed by atoms with Crippen molar-refractivity contribution >= 4 is 18.1 Å². The molecular weight excluding hydrogens is 229 g/mol. The molecule has 0 unspecified atom stereocenters. The number of carboxylic acids is 1. The molecule has 0 bridgehead atoms. The van der Waals surface area contributed by atoms with Crippen LogP contribution < -0.4 is 5.32 Å². The smallest absolute Gasteiger partial charge is 0.414 e. The molecule has 1 aromatic rings. The number of carboxylic acid groups (broad SMARTS) is 1. The monoisotopic (exact) mass is 239 g/mol. The topological polar surface area (TPSA) is 75.6 Å². The van der Waals surface area contributed by atoms with Gasteiger partial charge in [0.15, 0.2) is 0 Å². The largest absolute Gasteiger partial charge is 0.480 e. The van der Waals surface area contributed by atoms with E-state index in [9.17, 15) is 14.0 Å². The van der Waals surface area contributed by atoms with Gasteiger partial charge >= 0.3 is 12.1 Å². The Balaban J connectivity index is 2.49. The van der Waals surface area contributed by atoms with E-state index in [1.807, 2.05) is 5.32 Å². The maximum atomic E-state index is 13.1. The summed E-state index contributed by atoms with van der Waals surface area (Å²) in [5.74, 6) is -1.24. The highest BCUT2D eigenvalue weighted by molar-refractivity contribution is 5.77. The third-order valence-corrected chi connectivity index (χ3v) is 1.65. The molecular formula is C11H10FNO4. The quantitative estimate of drug-likeness (QED) is 0.785. The molecule has 0 aliphatic carbocycles. The summed E-state index contributed by atoms with van der Waals surface area (Å²) in [6.07, 6.45) is -0.141. The maximum Gasteiger partial charge on any atom is 0.414 e. The van der Waals surface area contributed by atoms with Crippen LogP contribution in [0.3, 0.4) is 0 Å². The van der Waals surface area contributed by atoms with Crippen LogP contribution in [0.4, 0.5) is 9.18 Å². The molecule has 0 saturated carbocycles. The van der Waals surface area contributed by atoms with Crippen molar-refractivity contribution in [2.45, 2.75) is 0 Å². The van der Waals surface area contributed by atoms with Gasteiger partial charge in [-0.1, -0.05) is 30.3 Å². The highest BCUT2D eigenvalue weighted by Crippen LogP contribution is 2.08. The van der Waals surface area contributed by atoms with E-state index in [4.69, 9.17) is 5.11 Å². The molecule has 2 N–H and O–H groups in total. The Labute approximate surface area is 96.5 Å². The summed E-state index contributed by atoms with van der Waals surface area (Å²) in [6, 6.07) is 7.29. The van der Waals surface area contributed by atoms with E-state index in [1.165, 1.54) is 0 Å². The van der Waals surface area contributed by atoms with Crippen molar-refractivity contribution in [2.75, 3.05) is 6.54 Å². The molecule has 0 saturated heterocycles. The van der Waals surface area contributed by atoms with E-state index in [0.717, 1.165) is 6.08 Å². The minimum absolute atomic E-state index is 0.524. The lowest BCUT2D eigenvalue weighted by Gasteiger charge is -2.01. The number of nitrogens with one attached hydrogen (secondary N) is 1. The second-order valence-electron chi connectivity index (χ2n) is 3.00. The standard InChI is InChI=1S/C11H10FNO4/c12-9(6-8-4-2-1-3-5-8)17-11(16)13-7-10(14)15/h1-6H,7H2,(H,13,16)(H,14,15)/b9-6+. The van der Waals surface area contributed by atoms with Gasteiger partial charge in [0.1, 0.15) is 6.54 Å². The Morgan fingerprint density at radius 3 is 2.59 bits per heavy atom. The van der Waals surface area contributed by atoms with E-state index in [2.05, 4.69) is 4.74 Å². The molecule has 1 aromatic carbocycles. The van der Waals surface area contributed by atoms with Crippen LogP contribution in [0.25, 0.3) is 6.08 Å². The van der Waals surface area contributed by atoms with Crippen LogP contribution >= 0.6 is 0 Å². The highest BCUT2D eigenvalue weighted by atomic mass is 19.1. The summed E-state index contributed by atoms with van der Waals surface area (Å²) >= 11 is 0. The van der Waals surface area contributed by atoms with Gasteiger partial charge in [-0.05, 0) is 5.56 Å². The summed E-state index contributed by atoms with van der Waals surface area (Å²) in [4.78, 5) is 21.0. The van der Waals surface area contributed by atoms with E-state index >= 15 is 0 Å². The van der Waals surface area contributed by atoms with Gasteiger partial charge in [0.25, 0.3) is 6.01 Å². The zero-order valence-corrected chi connectivity index (χ0v) is 8.72. The van der Waals surface area contributed by atoms with Gasteiger partial charge in [-0.15, -0.1) is 0 Å². The molecule has 0 fully saturated rings. The maximum absolute atomic E-state index is 13.1. The van der Waals surface area contributed by atoms with E-state index < -0.39 is 24.6 Å². The number of aliphatic carboxylic acids is 1. The minimum atomic E-state index is -1.24. The number of hydrogen-bond acceptors (Lipinski definition) is 3. The van der Waals surface area contributed by atoms with Crippen molar-refractivity contribution in [1.29, 1.82) is 0 Å². The van der Waals surface area contributed by atoms with Crippen molar-refractivity contribution in [3.63, 3.8) is 0 Å². The van der Waals surface area contributed by atoms with E-state index in [1.54, 1.807) is 30.3 Å². The lowest BCUT2D eigenvalue weighted by atomic mass is 10.2. The first kappa shape index (κ1) is 12.7. The Morgan fingerprint density at radius 2 is 2.00 bits per heavy atom. The third kappa shape index (κ3) is 5.31. The fourth-order valence-corrected chi connectivity index (χ4v) is 0.982. The van der Waals surface area contributed by atoms with Crippen LogP contribution in [0.1, 0.15) is 5.56 Å². The van der Waals surface area contributed by atoms with Gasteiger partial charge in [0.2, 0.25) is 0 Å². The Kier molecular flexibility index (Phi) is 4.68. The fourth-order valence-electron chi connectivity index (χ4n) is 0.982. The molecule has 0 aromatic heterocycles. The molecule has 0 aliphatic heterocycles. The first-order valence-corrected chi connectivity index (χ1v) is 4.67. The van der Waals surface area contributed by atoms with Crippen molar-refractivity contribution in [3.8, 4) is 0 Å². The first-order valence-electron chi connectivity index (χ1n) is 4.67. The SMILES string of the molecule is O=C(O)CNC(=O)O/C(F)=C/c1ccccc1.